The molecule has 0 bridgehead atoms. The molecule has 72 valence electrons. The van der Waals surface area contributed by atoms with Gasteiger partial charge in [-0.25, -0.2) is 0 Å². The van der Waals surface area contributed by atoms with Gasteiger partial charge in [0, 0.05) is 20.3 Å². The van der Waals surface area contributed by atoms with Gasteiger partial charge in [0.2, 0.25) is 5.91 Å². The van der Waals surface area contributed by atoms with Crippen molar-refractivity contribution in [3.8, 4) is 0 Å². The molecule has 0 radical (unpaired) electrons. The second-order valence-electron chi connectivity index (χ2n) is 3.05. The van der Waals surface area contributed by atoms with E-state index in [2.05, 4.69) is 27.7 Å². The predicted molar refractivity (Wildman–Crippen MR) is 58.3 cm³/mol. The molecule has 13 heavy (non-hydrogen) atoms. The zero-order chi connectivity index (χ0) is 10.0. The van der Waals surface area contributed by atoms with Crippen molar-refractivity contribution in [2.24, 2.45) is 0 Å². The molecule has 1 rings (SSSR count). The number of halogens is 1. The van der Waals surface area contributed by atoms with E-state index in [9.17, 15) is 4.79 Å². The van der Waals surface area contributed by atoms with Crippen molar-refractivity contribution in [3.05, 3.63) is 16.0 Å². The average Bonchev–Trinajstić information content (AvgIpc) is 2.49. The van der Waals surface area contributed by atoms with Crippen molar-refractivity contribution >= 4 is 28.5 Å². The van der Waals surface area contributed by atoms with Crippen molar-refractivity contribution in [3.63, 3.8) is 0 Å². The number of carbonyl (C=O) groups is 1. The van der Waals surface area contributed by atoms with Gasteiger partial charge >= 0.3 is 0 Å². The van der Waals surface area contributed by atoms with Crippen LogP contribution in [-0.2, 0) is 4.79 Å². The van der Waals surface area contributed by atoms with E-state index in [0.717, 1.165) is 3.57 Å². The Kier molecular flexibility index (Phi) is 3.29. The topological polar surface area (TPSA) is 38.1 Å². The van der Waals surface area contributed by atoms with E-state index in [1.54, 1.807) is 29.9 Å². The number of aromatic nitrogens is 2. The first-order valence-electron chi connectivity index (χ1n) is 3.93. The summed E-state index contributed by atoms with van der Waals surface area (Å²) in [5.41, 5.74) is 0. The van der Waals surface area contributed by atoms with Gasteiger partial charge in [0.1, 0.15) is 6.04 Å². The summed E-state index contributed by atoms with van der Waals surface area (Å²) >= 11 is 2.17. The molecule has 1 unspecified atom stereocenters. The summed E-state index contributed by atoms with van der Waals surface area (Å²) in [7, 11) is 3.49. The monoisotopic (exact) mass is 293 g/mol. The van der Waals surface area contributed by atoms with Gasteiger partial charge in [-0.05, 0) is 29.5 Å². The van der Waals surface area contributed by atoms with Crippen LogP contribution in [0.3, 0.4) is 0 Å². The highest BCUT2D eigenvalue weighted by Crippen LogP contribution is 2.09. The molecule has 1 heterocycles. The maximum absolute atomic E-state index is 11.5. The zero-order valence-corrected chi connectivity index (χ0v) is 10.0. The number of likely N-dealkylation sites (N-methyl/N-ethyl adjacent to an activating group) is 1. The molecule has 0 aromatic carbocycles. The van der Waals surface area contributed by atoms with E-state index in [1.165, 1.54) is 0 Å². The van der Waals surface area contributed by atoms with Gasteiger partial charge in [-0.1, -0.05) is 0 Å². The Labute approximate surface area is 91.0 Å². The fraction of sp³-hybridized carbons (Fsp3) is 0.500. The number of amides is 1. The highest BCUT2D eigenvalue weighted by molar-refractivity contribution is 14.1. The zero-order valence-electron chi connectivity index (χ0n) is 7.86. The normalized spacial score (nSPS) is 12.6. The molecular weight excluding hydrogens is 281 g/mol. The molecule has 1 amide bonds. The summed E-state index contributed by atoms with van der Waals surface area (Å²) in [5.74, 6) is 0.0551. The lowest BCUT2D eigenvalue weighted by Crippen LogP contribution is -2.30. The Hall–Kier alpha value is -0.590. The quantitative estimate of drug-likeness (QED) is 0.767. The lowest BCUT2D eigenvalue weighted by Gasteiger charge is -2.16. The van der Waals surface area contributed by atoms with Crippen LogP contribution in [0.25, 0.3) is 0 Å². The van der Waals surface area contributed by atoms with Crippen LogP contribution in [0.1, 0.15) is 13.0 Å². The second kappa shape index (κ2) is 4.08. The fourth-order valence-corrected chi connectivity index (χ4v) is 1.42. The largest absolute Gasteiger partial charge is 0.347 e. The minimum absolute atomic E-state index is 0.0551. The van der Waals surface area contributed by atoms with Gasteiger partial charge in [-0.3, -0.25) is 9.48 Å². The second-order valence-corrected chi connectivity index (χ2v) is 4.29. The van der Waals surface area contributed by atoms with Gasteiger partial charge in [0.05, 0.1) is 9.77 Å². The molecule has 0 spiro atoms. The molecular formula is C8H12IN3O. The lowest BCUT2D eigenvalue weighted by atomic mass is 10.3. The number of nitrogens with zero attached hydrogens (tertiary/aromatic N) is 3. The molecule has 1 atom stereocenters. The van der Waals surface area contributed by atoms with Crippen LogP contribution in [-0.4, -0.2) is 34.7 Å². The average molecular weight is 293 g/mol. The van der Waals surface area contributed by atoms with E-state index in [0.29, 0.717) is 0 Å². The third-order valence-corrected chi connectivity index (χ3v) is 2.32. The first-order chi connectivity index (χ1) is 6.02. The maximum atomic E-state index is 11.5. The summed E-state index contributed by atoms with van der Waals surface area (Å²) in [5, 5.41) is 4.08. The molecule has 0 fully saturated rings. The van der Waals surface area contributed by atoms with Crippen molar-refractivity contribution in [1.82, 2.24) is 14.7 Å². The van der Waals surface area contributed by atoms with Crippen molar-refractivity contribution in [1.29, 1.82) is 0 Å². The summed E-state index contributed by atoms with van der Waals surface area (Å²) in [6.45, 7) is 1.84. The molecule has 0 N–H and O–H groups in total. The molecule has 0 aliphatic carbocycles. The number of carbonyl (C=O) groups excluding carboxylic acids is 1. The summed E-state index contributed by atoms with van der Waals surface area (Å²) in [4.78, 5) is 13.1. The molecule has 1 aromatic rings. The highest BCUT2D eigenvalue weighted by Gasteiger charge is 2.16. The standard InChI is InChI=1S/C8H12IN3O/c1-6(8(13)11(2)3)12-5-7(9)4-10-12/h4-6H,1-3H3. The molecule has 5 heteroatoms. The van der Waals surface area contributed by atoms with Crippen molar-refractivity contribution in [2.75, 3.05) is 14.1 Å². The smallest absolute Gasteiger partial charge is 0.246 e. The number of rotatable bonds is 2. The number of hydrogen-bond donors (Lipinski definition) is 0. The van der Waals surface area contributed by atoms with E-state index in [-0.39, 0.29) is 11.9 Å². The Balaban J connectivity index is 2.79. The fourth-order valence-electron chi connectivity index (χ4n) is 1.01. The van der Waals surface area contributed by atoms with Crippen LogP contribution in [0.2, 0.25) is 0 Å². The van der Waals surface area contributed by atoms with E-state index in [4.69, 9.17) is 0 Å². The number of hydrogen-bond acceptors (Lipinski definition) is 2. The first-order valence-corrected chi connectivity index (χ1v) is 5.01. The lowest BCUT2D eigenvalue weighted by molar-refractivity contribution is -0.131. The van der Waals surface area contributed by atoms with Crippen molar-refractivity contribution in [2.45, 2.75) is 13.0 Å². The minimum Gasteiger partial charge on any atom is -0.347 e. The van der Waals surface area contributed by atoms with Crippen LogP contribution < -0.4 is 0 Å². The molecule has 1 aromatic heterocycles. The van der Waals surface area contributed by atoms with Crippen LogP contribution in [0, 0.1) is 3.57 Å². The maximum Gasteiger partial charge on any atom is 0.246 e. The molecule has 0 saturated carbocycles. The van der Waals surface area contributed by atoms with Gasteiger partial charge in [0.15, 0.2) is 0 Å². The SMILES string of the molecule is CC(C(=O)N(C)C)n1cc(I)cn1. The summed E-state index contributed by atoms with van der Waals surface area (Å²) in [6.07, 6.45) is 3.59. The van der Waals surface area contributed by atoms with Crippen LogP contribution >= 0.6 is 22.6 Å². The summed E-state index contributed by atoms with van der Waals surface area (Å²) < 4.78 is 2.71. The van der Waals surface area contributed by atoms with Gasteiger partial charge in [-0.15, -0.1) is 0 Å². The van der Waals surface area contributed by atoms with Crippen LogP contribution in [0.4, 0.5) is 0 Å². The molecule has 0 aliphatic heterocycles. The first kappa shape index (κ1) is 10.5. The van der Waals surface area contributed by atoms with E-state index in [1.807, 2.05) is 13.1 Å². The van der Waals surface area contributed by atoms with Crippen LogP contribution in [0.5, 0.6) is 0 Å². The molecule has 4 nitrogen and oxygen atoms in total. The van der Waals surface area contributed by atoms with Crippen molar-refractivity contribution < 1.29 is 4.79 Å². The predicted octanol–water partition coefficient (Wildman–Crippen LogP) is 1.14. The third-order valence-electron chi connectivity index (χ3n) is 1.76. The van der Waals surface area contributed by atoms with E-state index < -0.39 is 0 Å². The molecule has 0 saturated heterocycles. The Morgan fingerprint density at radius 1 is 1.69 bits per heavy atom. The Morgan fingerprint density at radius 2 is 2.31 bits per heavy atom. The third kappa shape index (κ3) is 2.43. The highest BCUT2D eigenvalue weighted by atomic mass is 127. The van der Waals surface area contributed by atoms with Gasteiger partial charge in [0.25, 0.3) is 0 Å². The summed E-state index contributed by atoms with van der Waals surface area (Å²) in [6, 6.07) is -0.224. The Morgan fingerprint density at radius 3 is 2.69 bits per heavy atom. The Bertz CT molecular complexity index is 308. The van der Waals surface area contributed by atoms with E-state index >= 15 is 0 Å². The van der Waals surface area contributed by atoms with Gasteiger partial charge in [-0.2, -0.15) is 5.10 Å². The minimum atomic E-state index is -0.224. The van der Waals surface area contributed by atoms with Gasteiger partial charge < -0.3 is 4.90 Å². The van der Waals surface area contributed by atoms with Crippen LogP contribution in [0.15, 0.2) is 12.4 Å². The molecule has 0 aliphatic rings.